The minimum Gasteiger partial charge on any atom is -0.487 e. The zero-order chi connectivity index (χ0) is 22.9. The summed E-state index contributed by atoms with van der Waals surface area (Å²) in [5, 5.41) is 16.3. The highest BCUT2D eigenvalue weighted by molar-refractivity contribution is 5.82. The first kappa shape index (κ1) is 21.5. The summed E-state index contributed by atoms with van der Waals surface area (Å²) in [6.07, 6.45) is -7.76. The highest BCUT2D eigenvalue weighted by Crippen LogP contribution is 2.38. The molecule has 0 amide bonds. The third-order valence-corrected chi connectivity index (χ3v) is 4.38. The summed E-state index contributed by atoms with van der Waals surface area (Å²) in [6, 6.07) is 6.98. The van der Waals surface area contributed by atoms with Crippen molar-refractivity contribution >= 4 is 16.7 Å². The van der Waals surface area contributed by atoms with Gasteiger partial charge in [-0.3, -0.25) is 0 Å². The third kappa shape index (κ3) is 4.60. The lowest BCUT2D eigenvalue weighted by Gasteiger charge is -2.16. The molecule has 0 saturated carbocycles. The van der Waals surface area contributed by atoms with Gasteiger partial charge in [-0.15, -0.1) is 10.2 Å². The molecule has 0 bridgehead atoms. The van der Waals surface area contributed by atoms with Crippen molar-refractivity contribution in [1.82, 2.24) is 20.6 Å². The molecule has 0 fully saturated rings. The van der Waals surface area contributed by atoms with Gasteiger partial charge in [-0.05, 0) is 41.6 Å². The van der Waals surface area contributed by atoms with Gasteiger partial charge in [0.1, 0.15) is 23.8 Å². The number of nitrogens with one attached hydrogen (secondary N) is 2. The van der Waals surface area contributed by atoms with Gasteiger partial charge in [0.2, 0.25) is 5.82 Å². The Morgan fingerprint density at radius 2 is 1.94 bits per heavy atom. The van der Waals surface area contributed by atoms with E-state index in [-0.39, 0.29) is 29.4 Å². The average Bonchev–Trinajstić information content (AvgIpc) is 3.39. The van der Waals surface area contributed by atoms with E-state index >= 15 is 0 Å². The van der Waals surface area contributed by atoms with Crippen LogP contribution >= 0.6 is 0 Å². The van der Waals surface area contributed by atoms with Gasteiger partial charge in [0, 0.05) is 23.2 Å². The number of fused-ring (bicyclic) bond motifs is 1. The minimum atomic E-state index is -4.83. The van der Waals surface area contributed by atoms with Crippen LogP contribution in [0.1, 0.15) is 11.1 Å². The van der Waals surface area contributed by atoms with Gasteiger partial charge < -0.3 is 14.5 Å². The average molecular weight is 457 g/mol. The Morgan fingerprint density at radius 1 is 1.12 bits per heavy atom. The molecule has 0 unspecified atom stereocenters. The van der Waals surface area contributed by atoms with E-state index in [1.54, 1.807) is 0 Å². The first-order chi connectivity index (χ1) is 15.2. The number of halogens is 6. The maximum Gasteiger partial charge on any atom is 0.420 e. The molecule has 2 heterocycles. The van der Waals surface area contributed by atoms with Crippen LogP contribution in [0.15, 0.2) is 40.8 Å². The number of tetrazole rings is 1. The predicted octanol–water partition coefficient (Wildman–Crippen LogP) is 5.03. The Kier molecular flexibility index (Phi) is 5.63. The quantitative estimate of drug-likeness (QED) is 0.379. The summed E-state index contributed by atoms with van der Waals surface area (Å²) in [5.74, 6) is -0.901. The first-order valence-corrected chi connectivity index (χ1v) is 9.02. The molecule has 13 heteroatoms. The number of aromatic amines is 1. The molecule has 168 valence electrons. The van der Waals surface area contributed by atoms with E-state index in [1.807, 2.05) is 0 Å². The second kappa shape index (κ2) is 8.40. The van der Waals surface area contributed by atoms with E-state index in [1.165, 1.54) is 24.3 Å². The fraction of sp³-hybridized carbons (Fsp3) is 0.211. The van der Waals surface area contributed by atoms with Crippen LogP contribution < -0.4 is 10.1 Å². The second-order valence-corrected chi connectivity index (χ2v) is 6.59. The van der Waals surface area contributed by atoms with Gasteiger partial charge in [-0.25, -0.2) is 13.2 Å². The highest BCUT2D eigenvalue weighted by atomic mass is 19.4. The van der Waals surface area contributed by atoms with Crippen LogP contribution in [0.4, 0.5) is 32.0 Å². The molecule has 0 radical (unpaired) electrons. The number of rotatable bonds is 7. The van der Waals surface area contributed by atoms with Gasteiger partial charge in [0.05, 0.1) is 5.56 Å². The van der Waals surface area contributed by atoms with Gasteiger partial charge in [0.25, 0.3) is 6.43 Å². The number of nitrogens with zero attached hydrogens (tertiary/aromatic N) is 3. The Hall–Kier alpha value is -3.77. The Labute approximate surface area is 175 Å². The van der Waals surface area contributed by atoms with Crippen LogP contribution in [-0.4, -0.2) is 33.7 Å². The van der Waals surface area contributed by atoms with Gasteiger partial charge in [-0.2, -0.15) is 18.4 Å². The summed E-state index contributed by atoms with van der Waals surface area (Å²) in [6.45, 7) is -1.34. The van der Waals surface area contributed by atoms with Gasteiger partial charge >= 0.3 is 6.18 Å². The highest BCUT2D eigenvalue weighted by Gasteiger charge is 2.35. The monoisotopic (exact) mass is 457 g/mol. The minimum absolute atomic E-state index is 0.00634. The number of alkyl halides is 5. The fourth-order valence-electron chi connectivity index (χ4n) is 2.95. The molecule has 2 aromatic carbocycles. The lowest BCUT2D eigenvalue weighted by molar-refractivity contribution is -0.139. The summed E-state index contributed by atoms with van der Waals surface area (Å²) in [5.41, 5.74) is -0.796. The zero-order valence-corrected chi connectivity index (χ0v) is 15.9. The van der Waals surface area contributed by atoms with Crippen molar-refractivity contribution in [1.29, 1.82) is 0 Å². The lowest BCUT2D eigenvalue weighted by atomic mass is 10.1. The van der Waals surface area contributed by atoms with Crippen molar-refractivity contribution in [3.63, 3.8) is 0 Å². The van der Waals surface area contributed by atoms with E-state index in [0.717, 1.165) is 6.07 Å². The SMILES string of the molecule is Fc1cc2cc(-c3nn[nH]n3)oc2cc1CNc1ccc(OCC(F)F)c(C(F)(F)F)c1. The smallest absolute Gasteiger partial charge is 0.420 e. The summed E-state index contributed by atoms with van der Waals surface area (Å²) in [4.78, 5) is 0. The first-order valence-electron chi connectivity index (χ1n) is 9.02. The van der Waals surface area contributed by atoms with E-state index in [9.17, 15) is 26.3 Å². The summed E-state index contributed by atoms with van der Waals surface area (Å²) in [7, 11) is 0. The molecule has 2 N–H and O–H groups in total. The van der Waals surface area contributed by atoms with Crippen molar-refractivity contribution < 1.29 is 35.5 Å². The van der Waals surface area contributed by atoms with Crippen molar-refractivity contribution in [2.75, 3.05) is 11.9 Å². The predicted molar refractivity (Wildman–Crippen MR) is 99.6 cm³/mol. The Balaban J connectivity index is 1.55. The number of hydrogen-bond acceptors (Lipinski definition) is 6. The molecule has 0 saturated heterocycles. The molecule has 4 rings (SSSR count). The number of benzene rings is 2. The van der Waals surface area contributed by atoms with Crippen molar-refractivity contribution in [3.05, 3.63) is 53.3 Å². The zero-order valence-electron chi connectivity index (χ0n) is 15.9. The summed E-state index contributed by atoms with van der Waals surface area (Å²) < 4.78 is 89.1. The molecule has 32 heavy (non-hydrogen) atoms. The third-order valence-electron chi connectivity index (χ3n) is 4.38. The van der Waals surface area contributed by atoms with Crippen LogP contribution in [0.3, 0.4) is 0 Å². The maximum atomic E-state index is 14.5. The van der Waals surface area contributed by atoms with Crippen LogP contribution in [-0.2, 0) is 12.7 Å². The van der Waals surface area contributed by atoms with Crippen molar-refractivity contribution in [3.8, 4) is 17.3 Å². The van der Waals surface area contributed by atoms with Crippen LogP contribution in [0, 0.1) is 5.82 Å². The Bertz CT molecular complexity index is 1220. The topological polar surface area (TPSA) is 88.9 Å². The fourth-order valence-corrected chi connectivity index (χ4v) is 2.95. The van der Waals surface area contributed by atoms with Crippen LogP contribution in [0.5, 0.6) is 5.75 Å². The molecule has 0 aliphatic carbocycles. The van der Waals surface area contributed by atoms with Crippen LogP contribution in [0.2, 0.25) is 0 Å². The number of ether oxygens (including phenoxy) is 1. The summed E-state index contributed by atoms with van der Waals surface area (Å²) >= 11 is 0. The van der Waals surface area contributed by atoms with E-state index in [2.05, 4.69) is 30.7 Å². The lowest BCUT2D eigenvalue weighted by Crippen LogP contribution is -2.13. The molecule has 0 atom stereocenters. The molecular weight excluding hydrogens is 444 g/mol. The standard InChI is InChI=1S/C19H13F6N5O2/c20-13-3-9-4-16(18-27-29-30-28-18)32-15(9)5-10(13)7-26-11-1-2-14(31-8-17(21)22)12(6-11)19(23,24)25/h1-6,17,26H,7-8H2,(H,27,28,29,30). The molecular formula is C19H13F6N5O2. The van der Waals surface area contributed by atoms with Crippen molar-refractivity contribution in [2.45, 2.75) is 19.1 Å². The molecule has 0 aliphatic rings. The number of anilines is 1. The Morgan fingerprint density at radius 3 is 2.62 bits per heavy atom. The normalized spacial score (nSPS) is 12.0. The molecule has 2 aromatic heterocycles. The molecule has 4 aromatic rings. The van der Waals surface area contributed by atoms with E-state index < -0.39 is 36.3 Å². The number of aromatic nitrogens is 4. The molecule has 7 nitrogen and oxygen atoms in total. The van der Waals surface area contributed by atoms with Gasteiger partial charge in [0.15, 0.2) is 5.76 Å². The van der Waals surface area contributed by atoms with Gasteiger partial charge in [-0.1, -0.05) is 0 Å². The van der Waals surface area contributed by atoms with Crippen molar-refractivity contribution in [2.24, 2.45) is 0 Å². The maximum absolute atomic E-state index is 14.5. The molecule has 0 spiro atoms. The number of furan rings is 1. The molecule has 0 aliphatic heterocycles. The second-order valence-electron chi connectivity index (χ2n) is 6.59. The van der Waals surface area contributed by atoms with Crippen LogP contribution in [0.25, 0.3) is 22.6 Å². The number of H-pyrrole nitrogens is 1. The van der Waals surface area contributed by atoms with E-state index in [0.29, 0.717) is 17.0 Å². The van der Waals surface area contributed by atoms with E-state index in [4.69, 9.17) is 4.42 Å². The number of hydrogen-bond donors (Lipinski definition) is 2. The largest absolute Gasteiger partial charge is 0.487 e.